The summed E-state index contributed by atoms with van der Waals surface area (Å²) in [6.07, 6.45) is -0.0524. The second kappa shape index (κ2) is 7.95. The van der Waals surface area contributed by atoms with Crippen molar-refractivity contribution in [3.05, 3.63) is 37.9 Å². The summed E-state index contributed by atoms with van der Waals surface area (Å²) in [6.45, 7) is 3.27. The predicted octanol–water partition coefficient (Wildman–Crippen LogP) is 1.38. The Kier molecular flexibility index (Phi) is 5.90. The lowest BCUT2D eigenvalue weighted by atomic mass is 10.1. The van der Waals surface area contributed by atoms with Gasteiger partial charge in [0, 0.05) is 6.42 Å². The van der Waals surface area contributed by atoms with E-state index in [0.717, 1.165) is 11.3 Å². The molecule has 0 fully saturated rings. The van der Waals surface area contributed by atoms with E-state index >= 15 is 0 Å². The summed E-state index contributed by atoms with van der Waals surface area (Å²) < 4.78 is 6.03. The number of hydrogen-bond acceptors (Lipinski definition) is 8. The summed E-state index contributed by atoms with van der Waals surface area (Å²) in [6, 6.07) is 1.30. The maximum Gasteiger partial charge on any atom is 0.390 e. The molecule has 0 aliphatic rings. The number of thiophene rings is 1. The molecule has 2 aromatic heterocycles. The molecule has 2 aromatic rings. The third kappa shape index (κ3) is 4.28. The SMILES string of the molecule is COC(=O)c1c(NC(=O)CCn2nc([N+](=O)[O-])cc2C)sc(C(N)=O)c1C. The van der Waals surface area contributed by atoms with Crippen LogP contribution in [-0.4, -0.2) is 39.6 Å². The number of nitrogens with zero attached hydrogens (tertiary/aromatic N) is 3. The van der Waals surface area contributed by atoms with Gasteiger partial charge in [-0.05, 0) is 24.3 Å². The van der Waals surface area contributed by atoms with Gasteiger partial charge in [-0.25, -0.2) is 4.79 Å². The lowest BCUT2D eigenvalue weighted by Crippen LogP contribution is -2.17. The molecule has 0 saturated heterocycles. The van der Waals surface area contributed by atoms with Gasteiger partial charge in [-0.2, -0.15) is 4.68 Å². The minimum Gasteiger partial charge on any atom is -0.465 e. The smallest absolute Gasteiger partial charge is 0.390 e. The lowest BCUT2D eigenvalue weighted by molar-refractivity contribution is -0.389. The van der Waals surface area contributed by atoms with Gasteiger partial charge in [0.05, 0.1) is 41.0 Å². The summed E-state index contributed by atoms with van der Waals surface area (Å²) in [5.41, 5.74) is 6.21. The number of primary amides is 1. The molecular formula is C15H17N5O6S. The molecule has 0 radical (unpaired) electrons. The Morgan fingerprint density at radius 2 is 2.07 bits per heavy atom. The van der Waals surface area contributed by atoms with Crippen molar-refractivity contribution in [2.45, 2.75) is 26.8 Å². The second-order valence-corrected chi connectivity index (χ2v) is 6.56. The van der Waals surface area contributed by atoms with Crippen LogP contribution in [0.2, 0.25) is 0 Å². The number of hydrogen-bond donors (Lipinski definition) is 2. The molecule has 0 unspecified atom stereocenters. The van der Waals surface area contributed by atoms with Gasteiger partial charge in [-0.1, -0.05) is 0 Å². The summed E-state index contributed by atoms with van der Waals surface area (Å²) in [5.74, 6) is -2.19. The normalized spacial score (nSPS) is 10.5. The molecule has 0 aromatic carbocycles. The molecule has 0 aliphatic carbocycles. The van der Waals surface area contributed by atoms with Crippen LogP contribution in [-0.2, 0) is 16.1 Å². The van der Waals surface area contributed by atoms with Crippen molar-refractivity contribution in [2.24, 2.45) is 5.73 Å². The van der Waals surface area contributed by atoms with Crippen LogP contribution >= 0.6 is 11.3 Å². The molecule has 27 heavy (non-hydrogen) atoms. The van der Waals surface area contributed by atoms with Crippen molar-refractivity contribution < 1.29 is 24.0 Å². The summed E-state index contributed by atoms with van der Waals surface area (Å²) >= 11 is 0.880. The highest BCUT2D eigenvalue weighted by Gasteiger charge is 2.25. The standard InChI is InChI=1S/C15H17N5O6S/c1-7-6-9(20(24)25)18-19(7)5-4-10(21)17-14-11(15(23)26-3)8(2)12(27-14)13(16)22/h6H,4-5H2,1-3H3,(H2,16,22)(H,17,21). The Hall–Kier alpha value is -3.28. The average molecular weight is 395 g/mol. The van der Waals surface area contributed by atoms with Crippen LogP contribution in [0.4, 0.5) is 10.8 Å². The van der Waals surface area contributed by atoms with Crippen LogP contribution < -0.4 is 11.1 Å². The zero-order valence-corrected chi connectivity index (χ0v) is 15.6. The zero-order chi connectivity index (χ0) is 20.3. The van der Waals surface area contributed by atoms with Crippen molar-refractivity contribution >= 4 is 39.9 Å². The minimum absolute atomic E-state index is 0.0524. The number of rotatable bonds is 7. The van der Waals surface area contributed by atoms with Gasteiger partial charge in [0.1, 0.15) is 5.00 Å². The maximum absolute atomic E-state index is 12.2. The molecule has 0 atom stereocenters. The van der Waals surface area contributed by atoms with Crippen LogP contribution in [0.5, 0.6) is 0 Å². The molecule has 0 bridgehead atoms. The number of nitrogens with two attached hydrogens (primary N) is 1. The van der Waals surface area contributed by atoms with E-state index in [4.69, 9.17) is 5.73 Å². The molecule has 144 valence electrons. The fraction of sp³-hybridized carbons (Fsp3) is 0.333. The number of carbonyl (C=O) groups is 3. The number of ether oxygens (including phenoxy) is 1. The maximum atomic E-state index is 12.2. The fourth-order valence-corrected chi connectivity index (χ4v) is 3.45. The van der Waals surface area contributed by atoms with E-state index in [1.54, 1.807) is 6.92 Å². The molecule has 0 aliphatic heterocycles. The first-order valence-electron chi connectivity index (χ1n) is 7.65. The van der Waals surface area contributed by atoms with E-state index in [-0.39, 0.29) is 34.2 Å². The highest BCUT2D eigenvalue weighted by molar-refractivity contribution is 7.18. The molecule has 0 saturated carbocycles. The third-order valence-electron chi connectivity index (χ3n) is 3.72. The second-order valence-electron chi connectivity index (χ2n) is 5.54. The van der Waals surface area contributed by atoms with E-state index in [9.17, 15) is 24.5 Å². The minimum atomic E-state index is -0.720. The molecule has 2 rings (SSSR count). The van der Waals surface area contributed by atoms with Gasteiger partial charge in [0.25, 0.3) is 5.91 Å². The monoisotopic (exact) mass is 395 g/mol. The van der Waals surface area contributed by atoms with Crippen molar-refractivity contribution in [1.29, 1.82) is 0 Å². The first-order valence-corrected chi connectivity index (χ1v) is 8.47. The lowest BCUT2D eigenvalue weighted by Gasteiger charge is -2.06. The molecular weight excluding hydrogens is 378 g/mol. The number of anilines is 1. The number of aryl methyl sites for hydroxylation is 2. The molecule has 2 heterocycles. The molecule has 12 heteroatoms. The number of amides is 2. The summed E-state index contributed by atoms with van der Waals surface area (Å²) in [4.78, 5) is 46.0. The number of nitro groups is 1. The van der Waals surface area contributed by atoms with Gasteiger partial charge < -0.3 is 25.9 Å². The number of aromatic nitrogens is 2. The number of esters is 1. The topological polar surface area (TPSA) is 159 Å². The number of nitrogens with one attached hydrogen (secondary N) is 1. The Morgan fingerprint density at radius 1 is 1.41 bits per heavy atom. The summed E-state index contributed by atoms with van der Waals surface area (Å²) in [5, 5.41) is 17.2. The quantitative estimate of drug-likeness (QED) is 0.407. The van der Waals surface area contributed by atoms with Crippen LogP contribution in [0.25, 0.3) is 0 Å². The Morgan fingerprint density at radius 3 is 2.59 bits per heavy atom. The number of methoxy groups -OCH3 is 1. The Balaban J connectivity index is 2.16. The Labute approximate surface area is 157 Å². The van der Waals surface area contributed by atoms with E-state index in [0.29, 0.717) is 11.3 Å². The fourth-order valence-electron chi connectivity index (χ4n) is 2.39. The zero-order valence-electron chi connectivity index (χ0n) is 14.8. The molecule has 11 nitrogen and oxygen atoms in total. The molecule has 0 spiro atoms. The van der Waals surface area contributed by atoms with Crippen LogP contribution in [0.3, 0.4) is 0 Å². The van der Waals surface area contributed by atoms with Gasteiger partial charge in [0.2, 0.25) is 5.91 Å². The highest BCUT2D eigenvalue weighted by Crippen LogP contribution is 2.33. The largest absolute Gasteiger partial charge is 0.465 e. The van der Waals surface area contributed by atoms with Crippen molar-refractivity contribution in [1.82, 2.24) is 9.78 Å². The van der Waals surface area contributed by atoms with E-state index in [1.165, 1.54) is 24.8 Å². The van der Waals surface area contributed by atoms with Gasteiger partial charge in [-0.3, -0.25) is 9.59 Å². The molecule has 2 amide bonds. The van der Waals surface area contributed by atoms with Gasteiger partial charge in [-0.15, -0.1) is 11.3 Å². The predicted molar refractivity (Wildman–Crippen MR) is 95.8 cm³/mol. The Bertz CT molecular complexity index is 932. The number of carbonyl (C=O) groups excluding carboxylic acids is 3. The van der Waals surface area contributed by atoms with Crippen LogP contribution in [0.15, 0.2) is 6.07 Å². The van der Waals surface area contributed by atoms with Crippen molar-refractivity contribution in [2.75, 3.05) is 12.4 Å². The van der Waals surface area contributed by atoms with Crippen LogP contribution in [0, 0.1) is 24.0 Å². The van der Waals surface area contributed by atoms with Crippen molar-refractivity contribution in [3.8, 4) is 0 Å². The third-order valence-corrected chi connectivity index (χ3v) is 4.94. The first kappa shape index (κ1) is 20.0. The van der Waals surface area contributed by atoms with Crippen molar-refractivity contribution in [3.63, 3.8) is 0 Å². The molecule has 3 N–H and O–H groups in total. The van der Waals surface area contributed by atoms with Gasteiger partial charge in [0.15, 0.2) is 0 Å². The highest BCUT2D eigenvalue weighted by atomic mass is 32.1. The van der Waals surface area contributed by atoms with Crippen LogP contribution in [0.1, 0.15) is 37.7 Å². The average Bonchev–Trinajstić information content (AvgIpc) is 3.12. The van der Waals surface area contributed by atoms with E-state index < -0.39 is 22.7 Å². The van der Waals surface area contributed by atoms with E-state index in [2.05, 4.69) is 15.2 Å². The summed E-state index contributed by atoms with van der Waals surface area (Å²) in [7, 11) is 1.18. The van der Waals surface area contributed by atoms with E-state index in [1.807, 2.05) is 0 Å². The first-order chi connectivity index (χ1) is 12.6. The van der Waals surface area contributed by atoms with Gasteiger partial charge >= 0.3 is 11.8 Å².